The van der Waals surface area contributed by atoms with Crippen LogP contribution in [0.2, 0.25) is 5.02 Å². The number of carbonyl (C=O) groups excluding carboxylic acids is 1. The zero-order chi connectivity index (χ0) is 18.6. The lowest BCUT2D eigenvalue weighted by Crippen LogP contribution is -2.24. The predicted molar refractivity (Wildman–Crippen MR) is 90.0 cm³/mol. The van der Waals surface area contributed by atoms with Gasteiger partial charge in [0.05, 0.1) is 23.6 Å². The molecule has 5 nitrogen and oxygen atoms in total. The van der Waals surface area contributed by atoms with Crippen LogP contribution in [0.4, 0.5) is 24.7 Å². The second-order valence-corrected chi connectivity index (χ2v) is 5.51. The van der Waals surface area contributed by atoms with Crippen molar-refractivity contribution in [3.8, 4) is 0 Å². The molecule has 134 valence electrons. The van der Waals surface area contributed by atoms with E-state index in [2.05, 4.69) is 15.3 Å². The average Bonchev–Trinajstić information content (AvgIpc) is 2.57. The van der Waals surface area contributed by atoms with Gasteiger partial charge in [-0.15, -0.1) is 0 Å². The number of hydrogen-bond acceptors (Lipinski definition) is 4. The van der Waals surface area contributed by atoms with Gasteiger partial charge in [-0.1, -0.05) is 11.6 Å². The number of alkyl halides is 3. The molecular formula is C16H16ClF3N4O. The molecule has 1 aromatic heterocycles. The van der Waals surface area contributed by atoms with E-state index in [1.807, 2.05) is 18.7 Å². The first kappa shape index (κ1) is 19.0. The minimum atomic E-state index is -4.65. The molecule has 0 saturated heterocycles. The standard InChI is InChI=1S/C16H16ClF3N4O/c1-3-24(4-2)14-9-21-13(8-22-14)15(25)23-12-6-5-10(17)7-11(12)16(18,19)20/h5-9H,3-4H2,1-2H3,(H,23,25). The third-order valence-electron chi connectivity index (χ3n) is 3.49. The van der Waals surface area contributed by atoms with Crippen LogP contribution in [0.1, 0.15) is 29.9 Å². The largest absolute Gasteiger partial charge is 0.418 e. The van der Waals surface area contributed by atoms with Crippen LogP contribution >= 0.6 is 11.6 Å². The number of hydrogen-bond donors (Lipinski definition) is 1. The van der Waals surface area contributed by atoms with Gasteiger partial charge in [-0.2, -0.15) is 13.2 Å². The summed E-state index contributed by atoms with van der Waals surface area (Å²) in [5.41, 5.74) is -1.50. The molecule has 0 bridgehead atoms. The molecule has 0 fully saturated rings. The lowest BCUT2D eigenvalue weighted by molar-refractivity contribution is -0.136. The lowest BCUT2D eigenvalue weighted by atomic mass is 10.1. The summed E-state index contributed by atoms with van der Waals surface area (Å²) in [6, 6.07) is 3.12. The van der Waals surface area contributed by atoms with Crippen molar-refractivity contribution >= 4 is 29.0 Å². The van der Waals surface area contributed by atoms with Crippen molar-refractivity contribution < 1.29 is 18.0 Å². The number of rotatable bonds is 5. The fraction of sp³-hybridized carbons (Fsp3) is 0.312. The Balaban J connectivity index is 2.23. The molecule has 1 amide bonds. The van der Waals surface area contributed by atoms with Crippen molar-refractivity contribution in [1.29, 1.82) is 0 Å². The second kappa shape index (κ2) is 7.69. The van der Waals surface area contributed by atoms with Gasteiger partial charge >= 0.3 is 6.18 Å². The molecule has 0 saturated carbocycles. The fourth-order valence-electron chi connectivity index (χ4n) is 2.20. The van der Waals surface area contributed by atoms with E-state index in [0.29, 0.717) is 5.82 Å². The van der Waals surface area contributed by atoms with Crippen molar-refractivity contribution in [1.82, 2.24) is 9.97 Å². The van der Waals surface area contributed by atoms with E-state index in [9.17, 15) is 18.0 Å². The van der Waals surface area contributed by atoms with Gasteiger partial charge in [0, 0.05) is 18.1 Å². The summed E-state index contributed by atoms with van der Waals surface area (Å²) in [7, 11) is 0. The summed E-state index contributed by atoms with van der Waals surface area (Å²) in [6.45, 7) is 5.34. The number of anilines is 2. The zero-order valence-corrected chi connectivity index (χ0v) is 14.3. The van der Waals surface area contributed by atoms with Crippen LogP contribution < -0.4 is 10.2 Å². The highest BCUT2D eigenvalue weighted by Crippen LogP contribution is 2.36. The minimum Gasteiger partial charge on any atom is -0.356 e. The Kier molecular flexibility index (Phi) is 5.84. The van der Waals surface area contributed by atoms with Crippen LogP contribution in [0.5, 0.6) is 0 Å². The fourth-order valence-corrected chi connectivity index (χ4v) is 2.37. The maximum Gasteiger partial charge on any atom is 0.418 e. The molecule has 1 heterocycles. The Morgan fingerprint density at radius 2 is 1.88 bits per heavy atom. The van der Waals surface area contributed by atoms with Crippen LogP contribution in [0, 0.1) is 0 Å². The highest BCUT2D eigenvalue weighted by Gasteiger charge is 2.34. The Labute approximate surface area is 147 Å². The third kappa shape index (κ3) is 4.60. The number of halogens is 4. The van der Waals surface area contributed by atoms with E-state index >= 15 is 0 Å². The molecule has 25 heavy (non-hydrogen) atoms. The number of benzene rings is 1. The van der Waals surface area contributed by atoms with Gasteiger partial charge in [-0.25, -0.2) is 9.97 Å². The minimum absolute atomic E-state index is 0.0753. The smallest absolute Gasteiger partial charge is 0.356 e. The summed E-state index contributed by atoms with van der Waals surface area (Å²) in [6.07, 6.45) is -2.01. The van der Waals surface area contributed by atoms with Crippen LogP contribution in [0.15, 0.2) is 30.6 Å². The molecule has 2 aromatic rings. The van der Waals surface area contributed by atoms with Gasteiger partial charge < -0.3 is 10.2 Å². The molecule has 0 atom stereocenters. The van der Waals surface area contributed by atoms with E-state index in [0.717, 1.165) is 25.2 Å². The number of nitrogens with one attached hydrogen (secondary N) is 1. The molecule has 1 aromatic carbocycles. The highest BCUT2D eigenvalue weighted by molar-refractivity contribution is 6.30. The van der Waals surface area contributed by atoms with Gasteiger partial charge in [0.2, 0.25) is 0 Å². The lowest BCUT2D eigenvalue weighted by Gasteiger charge is -2.19. The Morgan fingerprint density at radius 1 is 1.20 bits per heavy atom. The molecule has 2 rings (SSSR count). The monoisotopic (exact) mass is 372 g/mol. The van der Waals surface area contributed by atoms with Crippen LogP contribution in [-0.4, -0.2) is 29.0 Å². The topological polar surface area (TPSA) is 58.1 Å². The van der Waals surface area contributed by atoms with Crippen LogP contribution in [0.25, 0.3) is 0 Å². The quantitative estimate of drug-likeness (QED) is 0.852. The molecule has 0 spiro atoms. The van der Waals surface area contributed by atoms with E-state index in [4.69, 9.17) is 11.6 Å². The number of carbonyl (C=O) groups is 1. The van der Waals surface area contributed by atoms with Crippen LogP contribution in [0.3, 0.4) is 0 Å². The Bertz CT molecular complexity index is 746. The molecule has 0 unspecified atom stereocenters. The van der Waals surface area contributed by atoms with Gasteiger partial charge in [-0.05, 0) is 32.0 Å². The van der Waals surface area contributed by atoms with Crippen molar-refractivity contribution in [2.75, 3.05) is 23.3 Å². The first-order chi connectivity index (χ1) is 11.8. The van der Waals surface area contributed by atoms with Crippen molar-refractivity contribution in [2.45, 2.75) is 20.0 Å². The van der Waals surface area contributed by atoms with Crippen LogP contribution in [-0.2, 0) is 6.18 Å². The summed E-state index contributed by atoms with van der Waals surface area (Å²) in [4.78, 5) is 22.2. The normalized spacial score (nSPS) is 11.3. The summed E-state index contributed by atoms with van der Waals surface area (Å²) in [5, 5.41) is 2.13. The van der Waals surface area contributed by atoms with Gasteiger partial charge in [-0.3, -0.25) is 4.79 Å². The Hall–Kier alpha value is -2.35. The zero-order valence-electron chi connectivity index (χ0n) is 13.6. The molecule has 9 heteroatoms. The average molecular weight is 373 g/mol. The SMILES string of the molecule is CCN(CC)c1cnc(C(=O)Nc2ccc(Cl)cc2C(F)(F)F)cn1. The first-order valence-electron chi connectivity index (χ1n) is 7.51. The predicted octanol–water partition coefficient (Wildman–Crippen LogP) is 4.25. The van der Waals surface area contributed by atoms with Crippen molar-refractivity contribution in [3.63, 3.8) is 0 Å². The molecule has 1 N–H and O–H groups in total. The molecule has 0 aliphatic rings. The second-order valence-electron chi connectivity index (χ2n) is 5.07. The number of nitrogens with zero attached hydrogens (tertiary/aromatic N) is 3. The number of amides is 1. The molecule has 0 aliphatic carbocycles. The highest BCUT2D eigenvalue weighted by atomic mass is 35.5. The third-order valence-corrected chi connectivity index (χ3v) is 3.73. The van der Waals surface area contributed by atoms with Crippen molar-refractivity contribution in [3.05, 3.63) is 46.9 Å². The molecule has 0 radical (unpaired) electrons. The number of aromatic nitrogens is 2. The first-order valence-corrected chi connectivity index (χ1v) is 7.89. The van der Waals surface area contributed by atoms with Crippen molar-refractivity contribution in [2.24, 2.45) is 0 Å². The maximum absolute atomic E-state index is 13.1. The molecular weight excluding hydrogens is 357 g/mol. The van der Waals surface area contributed by atoms with E-state index in [1.165, 1.54) is 18.5 Å². The maximum atomic E-state index is 13.1. The van der Waals surface area contributed by atoms with Gasteiger partial charge in [0.15, 0.2) is 0 Å². The van der Waals surface area contributed by atoms with E-state index < -0.39 is 23.3 Å². The summed E-state index contributed by atoms with van der Waals surface area (Å²) in [5.74, 6) is -0.199. The van der Waals surface area contributed by atoms with E-state index in [-0.39, 0.29) is 10.7 Å². The molecule has 0 aliphatic heterocycles. The van der Waals surface area contributed by atoms with E-state index in [1.54, 1.807) is 0 Å². The Morgan fingerprint density at radius 3 is 2.40 bits per heavy atom. The van der Waals surface area contributed by atoms with Gasteiger partial charge in [0.1, 0.15) is 11.5 Å². The van der Waals surface area contributed by atoms with Gasteiger partial charge in [0.25, 0.3) is 5.91 Å². The summed E-state index contributed by atoms with van der Waals surface area (Å²) < 4.78 is 39.2. The summed E-state index contributed by atoms with van der Waals surface area (Å²) >= 11 is 5.61.